The van der Waals surface area contributed by atoms with Crippen LogP contribution in [-0.2, 0) is 0 Å². The fourth-order valence-electron chi connectivity index (χ4n) is 9.56. The Bertz CT molecular complexity index is 3960. The van der Waals surface area contributed by atoms with Crippen LogP contribution in [0, 0.1) is 34.0 Å². The number of aromatic nitrogens is 4. The zero-order valence-electron chi connectivity index (χ0n) is 36.3. The van der Waals surface area contributed by atoms with Crippen LogP contribution in [0.1, 0.15) is 16.7 Å². The molecule has 3 heterocycles. The van der Waals surface area contributed by atoms with Crippen molar-refractivity contribution in [3.05, 3.63) is 229 Å². The van der Waals surface area contributed by atoms with Crippen LogP contribution in [0.3, 0.4) is 0 Å². The Hall–Kier alpha value is -9.87. The molecule has 9 aromatic carbocycles. The molecular formula is C61H35N7. The minimum Gasteiger partial charge on any atom is -0.309 e. The summed E-state index contributed by atoms with van der Waals surface area (Å²) in [4.78, 5) is 9.94. The second-order valence-corrected chi connectivity index (χ2v) is 16.8. The lowest BCUT2D eigenvalue weighted by molar-refractivity contribution is 1.16. The number of benzene rings is 9. The van der Waals surface area contributed by atoms with Crippen molar-refractivity contribution in [3.8, 4) is 85.7 Å². The molecule has 12 aromatic rings. The van der Waals surface area contributed by atoms with E-state index >= 15 is 0 Å². The molecule has 0 fully saturated rings. The van der Waals surface area contributed by atoms with Gasteiger partial charge in [0.25, 0.3) is 0 Å². The van der Waals surface area contributed by atoms with Crippen molar-refractivity contribution in [1.29, 1.82) is 15.8 Å². The first-order chi connectivity index (χ1) is 33.5. The SMILES string of the molecule is N#Cc1ccc2c(c1)c1cc(C#N)ccc1n2-c1ccc2c(c1)c1ccccc1n2-c1ccc(-c2ccc(-c3ccc(-c4cc(-c5ccccc5)nc(-c5ccccc5)n4)cc3)cc2)cc1C#N. The Labute approximate surface area is 391 Å². The highest BCUT2D eigenvalue weighted by Crippen LogP contribution is 2.39. The van der Waals surface area contributed by atoms with Gasteiger partial charge in [-0.25, -0.2) is 9.97 Å². The van der Waals surface area contributed by atoms with Gasteiger partial charge >= 0.3 is 0 Å². The zero-order chi connectivity index (χ0) is 45.7. The monoisotopic (exact) mass is 865 g/mol. The Kier molecular flexibility index (Phi) is 9.51. The standard InChI is InChI=1S/C61H35N7/c62-36-39-15-27-58-51(31-39)52-32-40(37-63)16-28-59(52)67(58)49-26-30-60-53(34-49)50-13-7-8-14-57(50)68(60)56-29-25-47(33-48(56)38-64)43-19-17-41(18-20-43)42-21-23-45(24-22-42)55-35-54(44-9-3-1-4-10-44)65-61(66-55)46-11-5-2-6-12-46/h1-35H. The average Bonchev–Trinajstić information content (AvgIpc) is 3.92. The molecule has 0 aliphatic carbocycles. The molecule has 68 heavy (non-hydrogen) atoms. The molecule has 0 saturated heterocycles. The normalized spacial score (nSPS) is 11.2. The summed E-state index contributed by atoms with van der Waals surface area (Å²) in [5, 5.41) is 34.1. The van der Waals surface area contributed by atoms with Gasteiger partial charge in [-0.3, -0.25) is 0 Å². The molecule has 314 valence electrons. The van der Waals surface area contributed by atoms with Crippen molar-refractivity contribution in [2.24, 2.45) is 0 Å². The van der Waals surface area contributed by atoms with Crippen molar-refractivity contribution in [3.63, 3.8) is 0 Å². The van der Waals surface area contributed by atoms with Gasteiger partial charge in [0.05, 0.1) is 68.0 Å². The van der Waals surface area contributed by atoms with Crippen LogP contribution in [0.25, 0.3) is 111 Å². The van der Waals surface area contributed by atoms with Crippen molar-refractivity contribution in [2.75, 3.05) is 0 Å². The van der Waals surface area contributed by atoms with Gasteiger partial charge in [0, 0.05) is 43.9 Å². The summed E-state index contributed by atoms with van der Waals surface area (Å²) in [5.41, 5.74) is 16.2. The molecule has 7 heteroatoms. The number of hydrogen-bond acceptors (Lipinski definition) is 5. The van der Waals surface area contributed by atoms with E-state index in [1.54, 1.807) is 0 Å². The lowest BCUT2D eigenvalue weighted by Gasteiger charge is -2.13. The molecule has 7 nitrogen and oxygen atoms in total. The van der Waals surface area contributed by atoms with E-state index < -0.39 is 0 Å². The van der Waals surface area contributed by atoms with Crippen molar-refractivity contribution in [1.82, 2.24) is 19.1 Å². The highest BCUT2D eigenvalue weighted by molar-refractivity contribution is 6.12. The Balaban J connectivity index is 0.871. The number of fused-ring (bicyclic) bond motifs is 6. The second kappa shape index (κ2) is 16.3. The Morgan fingerprint density at radius 3 is 1.40 bits per heavy atom. The minimum atomic E-state index is 0.562. The minimum absolute atomic E-state index is 0.562. The van der Waals surface area contributed by atoms with Crippen molar-refractivity contribution in [2.45, 2.75) is 0 Å². The first kappa shape index (κ1) is 39.7. The molecule has 3 aromatic heterocycles. The molecular weight excluding hydrogens is 831 g/mol. The fourth-order valence-corrected chi connectivity index (χ4v) is 9.56. The van der Waals surface area contributed by atoms with Crippen LogP contribution in [0.4, 0.5) is 0 Å². The Morgan fingerprint density at radius 2 is 0.794 bits per heavy atom. The third kappa shape index (κ3) is 6.74. The van der Waals surface area contributed by atoms with Crippen LogP contribution in [-0.4, -0.2) is 19.1 Å². The van der Waals surface area contributed by atoms with Crippen LogP contribution in [0.15, 0.2) is 212 Å². The summed E-state index contributed by atoms with van der Waals surface area (Å²) in [5.74, 6) is 0.685. The summed E-state index contributed by atoms with van der Waals surface area (Å²) in [6.45, 7) is 0. The topological polar surface area (TPSA) is 107 Å². The maximum atomic E-state index is 10.7. The van der Waals surface area contributed by atoms with E-state index in [2.05, 4.69) is 130 Å². The van der Waals surface area contributed by atoms with Crippen LogP contribution in [0.5, 0.6) is 0 Å². The highest BCUT2D eigenvalue weighted by atomic mass is 15.0. The van der Waals surface area contributed by atoms with E-state index in [0.29, 0.717) is 22.5 Å². The number of nitriles is 3. The summed E-state index contributed by atoms with van der Waals surface area (Å²) in [6, 6.07) is 78.6. The summed E-state index contributed by atoms with van der Waals surface area (Å²) in [6.07, 6.45) is 0. The smallest absolute Gasteiger partial charge is 0.160 e. The van der Waals surface area contributed by atoms with E-state index in [-0.39, 0.29) is 0 Å². The highest BCUT2D eigenvalue weighted by Gasteiger charge is 2.19. The molecule has 0 aliphatic heterocycles. The number of rotatable bonds is 7. The first-order valence-electron chi connectivity index (χ1n) is 22.2. The summed E-state index contributed by atoms with van der Waals surface area (Å²) in [7, 11) is 0. The lowest BCUT2D eigenvalue weighted by Crippen LogP contribution is -1.99. The van der Waals surface area contributed by atoms with Gasteiger partial charge < -0.3 is 9.13 Å². The molecule has 0 unspecified atom stereocenters. The summed E-state index contributed by atoms with van der Waals surface area (Å²) < 4.78 is 4.37. The van der Waals surface area contributed by atoms with Crippen molar-refractivity contribution < 1.29 is 0 Å². The van der Waals surface area contributed by atoms with Crippen LogP contribution in [0.2, 0.25) is 0 Å². The third-order valence-electron chi connectivity index (χ3n) is 12.9. The van der Waals surface area contributed by atoms with E-state index in [1.807, 2.05) is 109 Å². The number of nitrogens with zero attached hydrogens (tertiary/aromatic N) is 7. The molecule has 0 bridgehead atoms. The first-order valence-corrected chi connectivity index (χ1v) is 22.2. The van der Waals surface area contributed by atoms with Crippen LogP contribution < -0.4 is 0 Å². The van der Waals surface area contributed by atoms with Gasteiger partial charge in [0.2, 0.25) is 0 Å². The van der Waals surface area contributed by atoms with Gasteiger partial charge in [0.1, 0.15) is 6.07 Å². The molecule has 12 rings (SSSR count). The molecule has 0 spiro atoms. The molecule has 0 atom stereocenters. The molecule has 0 amide bonds. The molecule has 0 N–H and O–H groups in total. The molecule has 0 radical (unpaired) electrons. The average molecular weight is 866 g/mol. The molecule has 0 saturated carbocycles. The van der Waals surface area contributed by atoms with Gasteiger partial charge in [-0.05, 0) is 101 Å². The maximum absolute atomic E-state index is 10.7. The van der Waals surface area contributed by atoms with Crippen LogP contribution >= 0.6 is 0 Å². The Morgan fingerprint density at radius 1 is 0.324 bits per heavy atom. The zero-order valence-corrected chi connectivity index (χ0v) is 36.3. The van der Waals surface area contributed by atoms with E-state index in [1.165, 1.54) is 0 Å². The predicted molar refractivity (Wildman–Crippen MR) is 272 cm³/mol. The maximum Gasteiger partial charge on any atom is 0.160 e. The number of para-hydroxylation sites is 1. The van der Waals surface area contributed by atoms with Gasteiger partial charge in [-0.2, -0.15) is 15.8 Å². The quantitative estimate of drug-likeness (QED) is 0.159. The van der Waals surface area contributed by atoms with Crippen molar-refractivity contribution >= 4 is 43.6 Å². The van der Waals surface area contributed by atoms with E-state index in [9.17, 15) is 15.8 Å². The summed E-state index contributed by atoms with van der Waals surface area (Å²) >= 11 is 0. The molecule has 0 aliphatic rings. The van der Waals surface area contributed by atoms with Gasteiger partial charge in [-0.15, -0.1) is 0 Å². The lowest BCUT2D eigenvalue weighted by atomic mass is 9.97. The van der Waals surface area contributed by atoms with Gasteiger partial charge in [-0.1, -0.05) is 133 Å². The third-order valence-corrected chi connectivity index (χ3v) is 12.9. The largest absolute Gasteiger partial charge is 0.309 e. The second-order valence-electron chi connectivity index (χ2n) is 16.8. The van der Waals surface area contributed by atoms with Gasteiger partial charge in [0.15, 0.2) is 5.82 Å². The van der Waals surface area contributed by atoms with E-state index in [0.717, 1.165) is 105 Å². The van der Waals surface area contributed by atoms with E-state index in [4.69, 9.17) is 9.97 Å². The predicted octanol–water partition coefficient (Wildman–Crippen LogP) is 14.6. The number of hydrogen-bond donors (Lipinski definition) is 0. The fraction of sp³-hybridized carbons (Fsp3) is 0.